The smallest absolute Gasteiger partial charge is 0.408 e. The standard InChI is InChI=1S/C11H21NO3/c1-6-8(9(13)7-2)12-10(14)15-11(3,4)5/h8H,6-7H2,1-5H3,(H,12,14). The molecule has 0 saturated heterocycles. The van der Waals surface area contributed by atoms with Crippen molar-refractivity contribution in [1.29, 1.82) is 0 Å². The summed E-state index contributed by atoms with van der Waals surface area (Å²) in [5, 5.41) is 2.56. The Bertz CT molecular complexity index is 230. The Balaban J connectivity index is 4.20. The molecule has 4 nitrogen and oxygen atoms in total. The van der Waals surface area contributed by atoms with Crippen LogP contribution >= 0.6 is 0 Å². The number of hydrogen-bond acceptors (Lipinski definition) is 3. The Morgan fingerprint density at radius 2 is 1.80 bits per heavy atom. The van der Waals surface area contributed by atoms with E-state index in [2.05, 4.69) is 5.32 Å². The minimum atomic E-state index is -0.531. The van der Waals surface area contributed by atoms with Crippen molar-refractivity contribution < 1.29 is 14.3 Å². The first kappa shape index (κ1) is 13.9. The maximum atomic E-state index is 11.4. The van der Waals surface area contributed by atoms with Gasteiger partial charge < -0.3 is 10.1 Å². The van der Waals surface area contributed by atoms with Gasteiger partial charge >= 0.3 is 6.09 Å². The van der Waals surface area contributed by atoms with Gasteiger partial charge in [0.05, 0.1) is 6.04 Å². The fraction of sp³-hybridized carbons (Fsp3) is 0.818. The Morgan fingerprint density at radius 1 is 1.27 bits per heavy atom. The van der Waals surface area contributed by atoms with Crippen LogP contribution in [0.2, 0.25) is 0 Å². The summed E-state index contributed by atoms with van der Waals surface area (Å²) < 4.78 is 5.06. The van der Waals surface area contributed by atoms with Crippen molar-refractivity contribution in [3.05, 3.63) is 0 Å². The van der Waals surface area contributed by atoms with Crippen molar-refractivity contribution in [2.24, 2.45) is 0 Å². The Kier molecular flexibility index (Phi) is 5.33. The van der Waals surface area contributed by atoms with E-state index in [1.54, 1.807) is 27.7 Å². The maximum Gasteiger partial charge on any atom is 0.408 e. The zero-order valence-corrected chi connectivity index (χ0v) is 10.2. The van der Waals surface area contributed by atoms with Crippen molar-refractivity contribution >= 4 is 11.9 Å². The predicted molar refractivity (Wildman–Crippen MR) is 58.7 cm³/mol. The third kappa shape index (κ3) is 6.10. The lowest BCUT2D eigenvalue weighted by Gasteiger charge is -2.22. The molecule has 0 rings (SSSR count). The lowest BCUT2D eigenvalue weighted by Crippen LogP contribution is -2.42. The number of ketones is 1. The van der Waals surface area contributed by atoms with E-state index in [0.717, 1.165) is 0 Å². The fourth-order valence-corrected chi connectivity index (χ4v) is 1.11. The van der Waals surface area contributed by atoms with Gasteiger partial charge in [-0.3, -0.25) is 4.79 Å². The number of alkyl carbamates (subject to hydrolysis) is 1. The zero-order chi connectivity index (χ0) is 12.1. The largest absolute Gasteiger partial charge is 0.444 e. The molecule has 0 radical (unpaired) electrons. The molecule has 1 N–H and O–H groups in total. The third-order valence-corrected chi connectivity index (χ3v) is 1.84. The molecule has 0 heterocycles. The minimum Gasteiger partial charge on any atom is -0.444 e. The van der Waals surface area contributed by atoms with E-state index in [9.17, 15) is 9.59 Å². The summed E-state index contributed by atoms with van der Waals surface area (Å²) in [6.45, 7) is 9.00. The van der Waals surface area contributed by atoms with E-state index in [0.29, 0.717) is 12.8 Å². The van der Waals surface area contributed by atoms with E-state index < -0.39 is 17.7 Å². The molecule has 0 spiro atoms. The van der Waals surface area contributed by atoms with Crippen LogP contribution in [0.15, 0.2) is 0 Å². The molecule has 1 amide bonds. The highest BCUT2D eigenvalue weighted by Crippen LogP contribution is 2.07. The van der Waals surface area contributed by atoms with E-state index in [4.69, 9.17) is 4.74 Å². The number of amides is 1. The van der Waals surface area contributed by atoms with Crippen LogP contribution in [0.3, 0.4) is 0 Å². The molecule has 88 valence electrons. The second-order valence-corrected chi connectivity index (χ2v) is 4.43. The first-order valence-corrected chi connectivity index (χ1v) is 5.32. The quantitative estimate of drug-likeness (QED) is 0.782. The van der Waals surface area contributed by atoms with Crippen molar-refractivity contribution in [3.8, 4) is 0 Å². The summed E-state index contributed by atoms with van der Waals surface area (Å²) >= 11 is 0. The summed E-state index contributed by atoms with van der Waals surface area (Å²) in [7, 11) is 0. The predicted octanol–water partition coefficient (Wildman–Crippen LogP) is 2.27. The Labute approximate surface area is 91.4 Å². The summed E-state index contributed by atoms with van der Waals surface area (Å²) in [5.41, 5.74) is -0.530. The van der Waals surface area contributed by atoms with Gasteiger partial charge in [0.15, 0.2) is 5.78 Å². The molecule has 0 aliphatic rings. The molecule has 15 heavy (non-hydrogen) atoms. The molecule has 1 unspecified atom stereocenters. The molecule has 0 aliphatic carbocycles. The summed E-state index contributed by atoms with van der Waals surface area (Å²) in [5.74, 6) is 0.0309. The summed E-state index contributed by atoms with van der Waals surface area (Å²) in [6.07, 6.45) is 0.483. The molecule has 0 aromatic heterocycles. The van der Waals surface area contributed by atoms with Crippen LogP contribution in [0.25, 0.3) is 0 Å². The van der Waals surface area contributed by atoms with Gasteiger partial charge in [0.2, 0.25) is 0 Å². The molecule has 0 bridgehead atoms. The highest BCUT2D eigenvalue weighted by molar-refractivity contribution is 5.87. The van der Waals surface area contributed by atoms with Crippen LogP contribution in [0.5, 0.6) is 0 Å². The molecule has 0 aromatic rings. The number of rotatable bonds is 4. The summed E-state index contributed by atoms with van der Waals surface area (Å²) in [6, 6.07) is -0.426. The molecule has 1 atom stereocenters. The van der Waals surface area contributed by atoms with Gasteiger partial charge in [0.1, 0.15) is 5.60 Å². The monoisotopic (exact) mass is 215 g/mol. The second kappa shape index (κ2) is 5.73. The Hall–Kier alpha value is -1.06. The first-order chi connectivity index (χ1) is 6.80. The van der Waals surface area contributed by atoms with Crippen LogP contribution in [-0.4, -0.2) is 23.5 Å². The van der Waals surface area contributed by atoms with Crippen molar-refractivity contribution in [1.82, 2.24) is 5.32 Å². The van der Waals surface area contributed by atoms with Crippen LogP contribution in [0.4, 0.5) is 4.79 Å². The van der Waals surface area contributed by atoms with Gasteiger partial charge in [-0.15, -0.1) is 0 Å². The van der Waals surface area contributed by atoms with Gasteiger partial charge in [0.25, 0.3) is 0 Å². The van der Waals surface area contributed by atoms with Gasteiger partial charge in [-0.25, -0.2) is 4.79 Å². The van der Waals surface area contributed by atoms with Gasteiger partial charge in [-0.1, -0.05) is 13.8 Å². The number of hydrogen-bond donors (Lipinski definition) is 1. The zero-order valence-electron chi connectivity index (χ0n) is 10.2. The first-order valence-electron chi connectivity index (χ1n) is 5.32. The molecule has 0 saturated carbocycles. The highest BCUT2D eigenvalue weighted by atomic mass is 16.6. The van der Waals surface area contributed by atoms with E-state index in [-0.39, 0.29) is 5.78 Å². The summed E-state index contributed by atoms with van der Waals surface area (Å²) in [4.78, 5) is 22.7. The molecule has 0 aliphatic heterocycles. The van der Waals surface area contributed by atoms with Crippen molar-refractivity contribution in [3.63, 3.8) is 0 Å². The number of Topliss-reactive ketones (excluding diaryl/α,β-unsaturated/α-hetero) is 1. The third-order valence-electron chi connectivity index (χ3n) is 1.84. The van der Waals surface area contributed by atoms with Crippen molar-refractivity contribution in [2.45, 2.75) is 59.1 Å². The van der Waals surface area contributed by atoms with E-state index in [1.807, 2.05) is 6.92 Å². The number of carbonyl (C=O) groups excluding carboxylic acids is 2. The lowest BCUT2D eigenvalue weighted by atomic mass is 10.1. The van der Waals surface area contributed by atoms with Crippen LogP contribution in [0, 0.1) is 0 Å². The van der Waals surface area contributed by atoms with Crippen LogP contribution < -0.4 is 5.32 Å². The average Bonchev–Trinajstić information content (AvgIpc) is 2.10. The van der Waals surface area contributed by atoms with Crippen molar-refractivity contribution in [2.75, 3.05) is 0 Å². The molecule has 0 fully saturated rings. The maximum absolute atomic E-state index is 11.4. The Morgan fingerprint density at radius 3 is 2.13 bits per heavy atom. The molecule has 4 heteroatoms. The molecular formula is C11H21NO3. The fourth-order valence-electron chi connectivity index (χ4n) is 1.11. The van der Waals surface area contributed by atoms with E-state index in [1.165, 1.54) is 0 Å². The minimum absolute atomic E-state index is 0.0309. The van der Waals surface area contributed by atoms with Crippen LogP contribution in [0.1, 0.15) is 47.5 Å². The second-order valence-electron chi connectivity index (χ2n) is 4.43. The normalized spacial score (nSPS) is 13.1. The molecule has 0 aromatic carbocycles. The number of ether oxygens (including phenoxy) is 1. The van der Waals surface area contributed by atoms with Gasteiger partial charge in [-0.05, 0) is 27.2 Å². The SMILES string of the molecule is CCC(=O)C(CC)NC(=O)OC(C)(C)C. The average molecular weight is 215 g/mol. The lowest BCUT2D eigenvalue weighted by molar-refractivity contribution is -0.120. The van der Waals surface area contributed by atoms with Gasteiger partial charge in [0, 0.05) is 6.42 Å². The number of nitrogens with one attached hydrogen (secondary N) is 1. The van der Waals surface area contributed by atoms with Crippen LogP contribution in [-0.2, 0) is 9.53 Å². The highest BCUT2D eigenvalue weighted by Gasteiger charge is 2.21. The molecular weight excluding hydrogens is 194 g/mol. The van der Waals surface area contributed by atoms with Gasteiger partial charge in [-0.2, -0.15) is 0 Å². The topological polar surface area (TPSA) is 55.4 Å². The van der Waals surface area contributed by atoms with E-state index >= 15 is 0 Å². The number of carbonyl (C=O) groups is 2.